The minimum atomic E-state index is -1.39. The van der Waals surface area contributed by atoms with E-state index in [1.54, 1.807) is 45.1 Å². The summed E-state index contributed by atoms with van der Waals surface area (Å²) in [5.74, 6) is -1.72. The second kappa shape index (κ2) is 18.9. The van der Waals surface area contributed by atoms with Crippen LogP contribution >= 0.6 is 0 Å². The molecule has 0 aromatic carbocycles. The zero-order valence-electron chi connectivity index (χ0n) is 27.1. The molecule has 0 saturated heterocycles. The smallest absolute Gasteiger partial charge is 0.334 e. The van der Waals surface area contributed by atoms with Crippen LogP contribution < -0.4 is 0 Å². The van der Waals surface area contributed by atoms with Crippen LogP contribution in [0.2, 0.25) is 0 Å². The number of hydrogen-bond donors (Lipinski definition) is 5. The fourth-order valence-electron chi connectivity index (χ4n) is 5.05. The molecule has 9 nitrogen and oxygen atoms in total. The van der Waals surface area contributed by atoms with E-state index in [4.69, 9.17) is 9.15 Å². The van der Waals surface area contributed by atoms with Crippen LogP contribution in [0.25, 0.3) is 6.08 Å². The Morgan fingerprint density at radius 3 is 2.52 bits per heavy atom. The molecule has 2 rings (SSSR count). The lowest BCUT2D eigenvalue weighted by Gasteiger charge is -2.33. The Morgan fingerprint density at radius 1 is 1.11 bits per heavy atom. The first-order valence-electron chi connectivity index (χ1n) is 15.8. The highest BCUT2D eigenvalue weighted by Crippen LogP contribution is 2.27. The van der Waals surface area contributed by atoms with E-state index in [0.29, 0.717) is 23.3 Å². The number of aliphatic hydroxyl groups is 5. The van der Waals surface area contributed by atoms with Crippen molar-refractivity contribution >= 4 is 12.0 Å². The predicted octanol–water partition coefficient (Wildman–Crippen LogP) is 5.30. The molecule has 0 saturated carbocycles. The number of nitrogens with zero attached hydrogens (tertiary/aromatic N) is 1. The normalized spacial score (nSPS) is 29.4. The SMILES string of the molecule is C/C=C(C)\C=C(/C)C(O)C(C)C(O)[C@H]1OC(=O)/C(CCCCCC)=C\c2coc(n2)[C@H](C)[C@H](O)C[C@H](O)/C=C\C=C/C[C@@H]1O. The van der Waals surface area contributed by atoms with E-state index in [0.717, 1.165) is 31.3 Å². The summed E-state index contributed by atoms with van der Waals surface area (Å²) in [6.45, 7) is 11.1. The molecule has 0 amide bonds. The third-order valence-electron chi connectivity index (χ3n) is 8.20. The second-order valence-corrected chi connectivity index (χ2v) is 12.0. The molecule has 1 aliphatic rings. The van der Waals surface area contributed by atoms with E-state index >= 15 is 0 Å². The molecule has 5 N–H and O–H groups in total. The topological polar surface area (TPSA) is 153 Å². The van der Waals surface area contributed by atoms with Crippen molar-refractivity contribution in [1.29, 1.82) is 0 Å². The minimum absolute atomic E-state index is 0.0343. The number of unbranched alkanes of at least 4 members (excludes halogenated alkanes) is 3. The molecule has 8 atom stereocenters. The molecule has 0 aliphatic carbocycles. The molecule has 2 bridgehead atoms. The maximum absolute atomic E-state index is 13.7. The average molecular weight is 616 g/mol. The van der Waals surface area contributed by atoms with Gasteiger partial charge in [-0.25, -0.2) is 9.78 Å². The van der Waals surface area contributed by atoms with Crippen molar-refractivity contribution in [1.82, 2.24) is 4.98 Å². The van der Waals surface area contributed by atoms with Gasteiger partial charge in [0.15, 0.2) is 12.0 Å². The number of carbonyl (C=O) groups excluding carboxylic acids is 1. The van der Waals surface area contributed by atoms with Crippen LogP contribution in [0.15, 0.2) is 63.9 Å². The van der Waals surface area contributed by atoms with Crippen LogP contribution in [0.1, 0.15) is 104 Å². The van der Waals surface area contributed by atoms with Crippen molar-refractivity contribution < 1.29 is 39.5 Å². The van der Waals surface area contributed by atoms with Gasteiger partial charge >= 0.3 is 5.97 Å². The van der Waals surface area contributed by atoms with Gasteiger partial charge in [-0.15, -0.1) is 0 Å². The summed E-state index contributed by atoms with van der Waals surface area (Å²) in [5.41, 5.74) is 2.26. The summed E-state index contributed by atoms with van der Waals surface area (Å²) in [6, 6.07) is 0. The van der Waals surface area contributed by atoms with Crippen LogP contribution in [0.4, 0.5) is 0 Å². The summed E-state index contributed by atoms with van der Waals surface area (Å²) < 4.78 is 11.5. The van der Waals surface area contributed by atoms with Crippen molar-refractivity contribution in [2.45, 2.75) is 129 Å². The van der Waals surface area contributed by atoms with Crippen LogP contribution in [0.3, 0.4) is 0 Å². The fraction of sp³-hybridized carbons (Fsp3) is 0.600. The molecule has 246 valence electrons. The van der Waals surface area contributed by atoms with Crippen molar-refractivity contribution in [3.63, 3.8) is 0 Å². The Kier molecular flexibility index (Phi) is 16.0. The van der Waals surface area contributed by atoms with E-state index in [1.807, 2.05) is 26.0 Å². The van der Waals surface area contributed by atoms with Gasteiger partial charge in [0.1, 0.15) is 12.0 Å². The monoisotopic (exact) mass is 615 g/mol. The standard InChI is InChI=1S/C35H53NO8/c1-7-9-10-12-15-26-19-27-21-43-34(36-27)24(5)30(39)20-28(37)16-13-11-14-17-29(38)33(44-35(26)42)32(41)25(6)31(40)23(4)18-22(3)8-2/h8,11,13-14,16,18-19,21,24-25,28-33,37-41H,7,9-10,12,15,17,20H2,1-6H3/b14-11-,16-13-,22-8-,23-18+,26-19-/t24-,25?,28-,29+,30-,31?,32?,33+/m1/s1. The highest BCUT2D eigenvalue weighted by molar-refractivity contribution is 5.93. The number of esters is 1. The molecule has 1 aromatic heterocycles. The van der Waals surface area contributed by atoms with Crippen molar-refractivity contribution in [2.24, 2.45) is 5.92 Å². The van der Waals surface area contributed by atoms with E-state index in [-0.39, 0.29) is 18.7 Å². The number of cyclic esters (lactones) is 1. The zero-order valence-corrected chi connectivity index (χ0v) is 27.1. The first-order chi connectivity index (χ1) is 20.9. The average Bonchev–Trinajstić information content (AvgIpc) is 3.47. The first-order valence-corrected chi connectivity index (χ1v) is 15.8. The Hall–Kier alpha value is -2.82. The minimum Gasteiger partial charge on any atom is -0.453 e. The molecule has 0 spiro atoms. The molecule has 9 heteroatoms. The summed E-state index contributed by atoms with van der Waals surface area (Å²) in [6.07, 6.45) is 10.3. The number of oxazole rings is 1. The third-order valence-corrected chi connectivity index (χ3v) is 8.20. The number of ether oxygens (including phenoxy) is 1. The van der Waals surface area contributed by atoms with E-state index < -0.39 is 54.4 Å². The van der Waals surface area contributed by atoms with Crippen LogP contribution in [0.5, 0.6) is 0 Å². The fourth-order valence-corrected chi connectivity index (χ4v) is 5.05. The van der Waals surface area contributed by atoms with Crippen LogP contribution in [-0.4, -0.2) is 73.1 Å². The molecule has 1 aliphatic heterocycles. The molecule has 0 fully saturated rings. The lowest BCUT2D eigenvalue weighted by atomic mass is 9.87. The highest BCUT2D eigenvalue weighted by Gasteiger charge is 2.37. The number of carbonyl (C=O) groups is 1. The van der Waals surface area contributed by atoms with Crippen molar-refractivity contribution in [3.8, 4) is 0 Å². The van der Waals surface area contributed by atoms with Crippen molar-refractivity contribution in [2.75, 3.05) is 0 Å². The van der Waals surface area contributed by atoms with E-state index in [9.17, 15) is 30.3 Å². The summed E-state index contributed by atoms with van der Waals surface area (Å²) in [7, 11) is 0. The Morgan fingerprint density at radius 2 is 1.84 bits per heavy atom. The van der Waals surface area contributed by atoms with E-state index in [2.05, 4.69) is 11.9 Å². The van der Waals surface area contributed by atoms with Gasteiger partial charge in [-0.2, -0.15) is 0 Å². The summed E-state index contributed by atoms with van der Waals surface area (Å²) in [5, 5.41) is 54.7. The van der Waals surface area contributed by atoms with Gasteiger partial charge in [-0.05, 0) is 51.7 Å². The molecule has 1 aromatic rings. The lowest BCUT2D eigenvalue weighted by Crippen LogP contribution is -2.47. The zero-order chi connectivity index (χ0) is 32.8. The number of aromatic nitrogens is 1. The van der Waals surface area contributed by atoms with Crippen molar-refractivity contribution in [3.05, 3.63) is 71.0 Å². The largest absolute Gasteiger partial charge is 0.453 e. The Balaban J connectivity index is 2.50. The number of hydrogen-bond acceptors (Lipinski definition) is 9. The maximum Gasteiger partial charge on any atom is 0.334 e. The van der Waals surface area contributed by atoms with Gasteiger partial charge in [-0.1, -0.05) is 82.1 Å². The number of allylic oxidation sites excluding steroid dienone is 5. The van der Waals surface area contributed by atoms with Gasteiger partial charge in [0.2, 0.25) is 0 Å². The maximum atomic E-state index is 13.7. The van der Waals surface area contributed by atoms with Gasteiger partial charge in [0, 0.05) is 17.9 Å². The quantitative estimate of drug-likeness (QED) is 0.134. The molecular formula is C35H53NO8. The highest BCUT2D eigenvalue weighted by atomic mass is 16.6. The number of fused-ring (bicyclic) bond motifs is 2. The van der Waals surface area contributed by atoms with Crippen LogP contribution in [-0.2, 0) is 9.53 Å². The Labute approximate surface area is 262 Å². The van der Waals surface area contributed by atoms with Gasteiger partial charge in [0.05, 0.1) is 36.4 Å². The number of aliphatic hydroxyl groups excluding tert-OH is 5. The third kappa shape index (κ3) is 11.6. The van der Waals surface area contributed by atoms with E-state index in [1.165, 1.54) is 12.3 Å². The van der Waals surface area contributed by atoms with Gasteiger partial charge < -0.3 is 34.7 Å². The number of rotatable bonds is 10. The van der Waals surface area contributed by atoms with Crippen LogP contribution in [0, 0.1) is 5.92 Å². The second-order valence-electron chi connectivity index (χ2n) is 12.0. The summed E-state index contributed by atoms with van der Waals surface area (Å²) in [4.78, 5) is 18.1. The predicted molar refractivity (Wildman–Crippen MR) is 171 cm³/mol. The molecule has 0 radical (unpaired) electrons. The molecule has 3 unspecified atom stereocenters. The Bertz CT molecular complexity index is 1180. The summed E-state index contributed by atoms with van der Waals surface area (Å²) >= 11 is 0. The molecular weight excluding hydrogens is 562 g/mol. The lowest BCUT2D eigenvalue weighted by molar-refractivity contribution is -0.165. The first kappa shape index (κ1) is 37.4. The van der Waals surface area contributed by atoms with Gasteiger partial charge in [0.25, 0.3) is 0 Å². The van der Waals surface area contributed by atoms with Gasteiger partial charge in [-0.3, -0.25) is 0 Å². The molecule has 2 heterocycles. The molecule has 44 heavy (non-hydrogen) atoms.